The van der Waals surface area contributed by atoms with Gasteiger partial charge >= 0.3 is 0 Å². The van der Waals surface area contributed by atoms with Crippen LogP contribution in [0.1, 0.15) is 26.3 Å². The highest BCUT2D eigenvalue weighted by atomic mass is 16.5. The van der Waals surface area contributed by atoms with Gasteiger partial charge in [0, 0.05) is 25.1 Å². The van der Waals surface area contributed by atoms with E-state index in [4.69, 9.17) is 4.74 Å². The van der Waals surface area contributed by atoms with Crippen molar-refractivity contribution in [1.82, 2.24) is 4.98 Å². The highest BCUT2D eigenvalue weighted by molar-refractivity contribution is 5.81. The minimum Gasteiger partial charge on any atom is -0.390 e. The quantitative estimate of drug-likeness (QED) is 0.930. The molecule has 3 heteroatoms. The van der Waals surface area contributed by atoms with E-state index in [0.717, 1.165) is 16.5 Å². The highest BCUT2D eigenvalue weighted by Gasteiger charge is 2.31. The number of methoxy groups -OCH3 is 1. The van der Waals surface area contributed by atoms with Crippen LogP contribution in [0.5, 0.6) is 0 Å². The third-order valence-corrected chi connectivity index (χ3v) is 3.63. The Balaban J connectivity index is 2.28. The minimum atomic E-state index is -0.536. The van der Waals surface area contributed by atoms with E-state index in [-0.39, 0.29) is 11.5 Å². The van der Waals surface area contributed by atoms with Crippen LogP contribution in [0.15, 0.2) is 36.5 Å². The number of benzene rings is 1. The monoisotopic (exact) mass is 273 g/mol. The number of nitrogens with zero attached hydrogens (tertiary/aromatic N) is 1. The fourth-order valence-electron chi connectivity index (χ4n) is 2.75. The van der Waals surface area contributed by atoms with Gasteiger partial charge in [-0.3, -0.25) is 4.98 Å². The van der Waals surface area contributed by atoms with Gasteiger partial charge in [0.05, 0.1) is 17.7 Å². The summed E-state index contributed by atoms with van der Waals surface area (Å²) in [6.45, 7) is 6.24. The number of aliphatic hydroxyl groups is 1. The van der Waals surface area contributed by atoms with Gasteiger partial charge in [0.2, 0.25) is 0 Å². The number of hydrogen-bond donors (Lipinski definition) is 1. The number of para-hydroxylation sites is 1. The van der Waals surface area contributed by atoms with Crippen LogP contribution in [0.4, 0.5) is 0 Å². The molecule has 0 spiro atoms. The average molecular weight is 273 g/mol. The van der Waals surface area contributed by atoms with Gasteiger partial charge in [0.25, 0.3) is 0 Å². The fourth-order valence-corrected chi connectivity index (χ4v) is 2.75. The maximum Gasteiger partial charge on any atom is 0.0881 e. The van der Waals surface area contributed by atoms with E-state index in [1.807, 2.05) is 30.3 Å². The molecule has 3 nitrogen and oxygen atoms in total. The zero-order valence-electron chi connectivity index (χ0n) is 12.6. The molecule has 2 rings (SSSR count). The van der Waals surface area contributed by atoms with Crippen molar-refractivity contribution < 1.29 is 9.84 Å². The summed E-state index contributed by atoms with van der Waals surface area (Å²) in [5.41, 5.74) is 1.97. The number of ether oxygens (including phenoxy) is 1. The van der Waals surface area contributed by atoms with Crippen LogP contribution in [0.3, 0.4) is 0 Å². The predicted molar refractivity (Wildman–Crippen MR) is 81.7 cm³/mol. The van der Waals surface area contributed by atoms with Crippen LogP contribution < -0.4 is 0 Å². The Hall–Kier alpha value is -1.45. The summed E-state index contributed by atoms with van der Waals surface area (Å²) in [5.74, 6) is 0. The van der Waals surface area contributed by atoms with Crippen molar-refractivity contribution in [2.24, 2.45) is 5.41 Å². The van der Waals surface area contributed by atoms with Gasteiger partial charge in [-0.2, -0.15) is 0 Å². The maximum atomic E-state index is 10.5. The molecule has 2 atom stereocenters. The molecule has 0 aliphatic carbocycles. The molecule has 1 heterocycles. The van der Waals surface area contributed by atoms with Crippen molar-refractivity contribution in [2.75, 3.05) is 7.11 Å². The summed E-state index contributed by atoms with van der Waals surface area (Å²) in [6.07, 6.45) is 1.63. The smallest absolute Gasteiger partial charge is 0.0881 e. The average Bonchev–Trinajstić information content (AvgIpc) is 2.38. The van der Waals surface area contributed by atoms with Crippen LogP contribution >= 0.6 is 0 Å². The standard InChI is InChI=1S/C17H23NO2/c1-17(2,3)16(20-4)15(19)11-12-9-10-18-14-8-6-5-7-13(12)14/h5-10,15-16,19H,11H2,1-4H3. The first-order chi connectivity index (χ1) is 9.43. The molecule has 0 fully saturated rings. The largest absolute Gasteiger partial charge is 0.390 e. The third kappa shape index (κ3) is 3.17. The zero-order chi connectivity index (χ0) is 14.8. The van der Waals surface area contributed by atoms with Crippen LogP contribution in [0.2, 0.25) is 0 Å². The molecule has 1 N–H and O–H groups in total. The summed E-state index contributed by atoms with van der Waals surface area (Å²) in [5, 5.41) is 11.6. The number of fused-ring (bicyclic) bond motifs is 1. The summed E-state index contributed by atoms with van der Waals surface area (Å²) in [6, 6.07) is 9.98. The molecular weight excluding hydrogens is 250 g/mol. The van der Waals surface area contributed by atoms with Gasteiger partial charge in [-0.1, -0.05) is 39.0 Å². The molecule has 0 radical (unpaired) electrons. The van der Waals surface area contributed by atoms with E-state index in [2.05, 4.69) is 25.8 Å². The summed E-state index contributed by atoms with van der Waals surface area (Å²) >= 11 is 0. The molecule has 0 bridgehead atoms. The number of pyridine rings is 1. The van der Waals surface area contributed by atoms with E-state index in [1.165, 1.54) is 0 Å². The SMILES string of the molecule is COC(C(O)Cc1ccnc2ccccc12)C(C)(C)C. The first-order valence-electron chi connectivity index (χ1n) is 6.97. The molecule has 2 aromatic rings. The predicted octanol–water partition coefficient (Wildman–Crippen LogP) is 3.20. The third-order valence-electron chi connectivity index (χ3n) is 3.63. The fraction of sp³-hybridized carbons (Fsp3) is 0.471. The van der Waals surface area contributed by atoms with Gasteiger partial charge in [0.15, 0.2) is 0 Å². The van der Waals surface area contributed by atoms with Crippen molar-refractivity contribution in [1.29, 1.82) is 0 Å². The Morgan fingerprint density at radius 2 is 1.90 bits per heavy atom. The zero-order valence-corrected chi connectivity index (χ0v) is 12.6. The molecule has 1 aromatic heterocycles. The molecule has 2 unspecified atom stereocenters. The molecular formula is C17H23NO2. The summed E-state index contributed by atoms with van der Waals surface area (Å²) < 4.78 is 5.50. The van der Waals surface area contributed by atoms with Crippen LogP contribution in [-0.4, -0.2) is 29.4 Å². The molecule has 0 amide bonds. The summed E-state index contributed by atoms with van der Waals surface area (Å²) in [4.78, 5) is 4.35. The molecule has 0 aliphatic rings. The lowest BCUT2D eigenvalue weighted by molar-refractivity contribution is -0.0698. The maximum absolute atomic E-state index is 10.5. The number of aliphatic hydroxyl groups excluding tert-OH is 1. The lowest BCUT2D eigenvalue weighted by atomic mass is 9.83. The second kappa shape index (κ2) is 5.90. The van der Waals surface area contributed by atoms with E-state index in [0.29, 0.717) is 6.42 Å². The van der Waals surface area contributed by atoms with Gasteiger partial charge in [-0.05, 0) is 23.1 Å². The lowest BCUT2D eigenvalue weighted by Crippen LogP contribution is -2.40. The lowest BCUT2D eigenvalue weighted by Gasteiger charge is -2.33. The summed E-state index contributed by atoms with van der Waals surface area (Å²) in [7, 11) is 1.66. The number of hydrogen-bond acceptors (Lipinski definition) is 3. The molecule has 20 heavy (non-hydrogen) atoms. The van der Waals surface area contributed by atoms with Gasteiger partial charge in [-0.15, -0.1) is 0 Å². The first kappa shape index (κ1) is 14.9. The highest BCUT2D eigenvalue weighted by Crippen LogP contribution is 2.27. The van der Waals surface area contributed by atoms with Gasteiger partial charge in [0.1, 0.15) is 0 Å². The number of rotatable bonds is 4. The molecule has 1 aromatic carbocycles. The minimum absolute atomic E-state index is 0.100. The Morgan fingerprint density at radius 1 is 1.20 bits per heavy atom. The topological polar surface area (TPSA) is 42.4 Å². The Morgan fingerprint density at radius 3 is 2.55 bits per heavy atom. The van der Waals surface area contributed by atoms with E-state index in [9.17, 15) is 5.11 Å². The second-order valence-electron chi connectivity index (χ2n) is 6.28. The normalized spacial score (nSPS) is 15.2. The van der Waals surface area contributed by atoms with Crippen LogP contribution in [-0.2, 0) is 11.2 Å². The van der Waals surface area contributed by atoms with Crippen molar-refractivity contribution in [3.63, 3.8) is 0 Å². The van der Waals surface area contributed by atoms with E-state index < -0.39 is 6.10 Å². The Kier molecular flexibility index (Phi) is 4.41. The van der Waals surface area contributed by atoms with Gasteiger partial charge < -0.3 is 9.84 Å². The Bertz CT molecular complexity index is 569. The van der Waals surface area contributed by atoms with Crippen molar-refractivity contribution in [3.8, 4) is 0 Å². The van der Waals surface area contributed by atoms with Crippen LogP contribution in [0.25, 0.3) is 10.9 Å². The molecule has 0 saturated carbocycles. The first-order valence-corrected chi connectivity index (χ1v) is 6.97. The van der Waals surface area contributed by atoms with Crippen LogP contribution in [0, 0.1) is 5.41 Å². The van der Waals surface area contributed by atoms with Gasteiger partial charge in [-0.25, -0.2) is 0 Å². The van der Waals surface area contributed by atoms with E-state index >= 15 is 0 Å². The van der Waals surface area contributed by atoms with Crippen molar-refractivity contribution in [3.05, 3.63) is 42.1 Å². The second-order valence-corrected chi connectivity index (χ2v) is 6.28. The van der Waals surface area contributed by atoms with E-state index in [1.54, 1.807) is 13.3 Å². The number of aromatic nitrogens is 1. The molecule has 108 valence electrons. The van der Waals surface area contributed by atoms with Crippen molar-refractivity contribution >= 4 is 10.9 Å². The molecule has 0 aliphatic heterocycles. The Labute approximate surface area is 120 Å². The van der Waals surface area contributed by atoms with Crippen molar-refractivity contribution in [2.45, 2.75) is 39.4 Å². The molecule has 0 saturated heterocycles.